The summed E-state index contributed by atoms with van der Waals surface area (Å²) in [6.07, 6.45) is -0.186. The summed E-state index contributed by atoms with van der Waals surface area (Å²) in [7, 11) is 0. The minimum Gasteiger partial charge on any atom is -0.488 e. The molecule has 1 rings (SSSR count). The van der Waals surface area contributed by atoms with E-state index in [0.717, 1.165) is 0 Å². The smallest absolute Gasteiger partial charge is 0.165 e. The third-order valence-corrected chi connectivity index (χ3v) is 1.93. The van der Waals surface area contributed by atoms with Gasteiger partial charge in [0, 0.05) is 13.2 Å². The number of ether oxygens (including phenoxy) is 2. The summed E-state index contributed by atoms with van der Waals surface area (Å²) >= 11 is 0. The van der Waals surface area contributed by atoms with Gasteiger partial charge >= 0.3 is 0 Å². The molecule has 0 aliphatic rings. The van der Waals surface area contributed by atoms with Crippen LogP contribution in [0.4, 0.5) is 4.39 Å². The molecule has 0 spiro atoms. The van der Waals surface area contributed by atoms with Crippen molar-refractivity contribution in [3.63, 3.8) is 0 Å². The summed E-state index contributed by atoms with van der Waals surface area (Å²) in [5, 5.41) is 0. The molecule has 4 heteroatoms. The fourth-order valence-corrected chi connectivity index (χ4v) is 1.16. The molecule has 0 aromatic heterocycles. The second-order valence-electron chi connectivity index (χ2n) is 3.05. The Morgan fingerprint density at radius 1 is 1.40 bits per heavy atom. The zero-order valence-corrected chi connectivity index (χ0v) is 8.78. The Balaban J connectivity index is 2.45. The van der Waals surface area contributed by atoms with Crippen LogP contribution in [0.3, 0.4) is 0 Å². The number of nitrogens with two attached hydrogens (primary N) is 1. The molecule has 0 saturated heterocycles. The van der Waals surface area contributed by atoms with Gasteiger partial charge < -0.3 is 15.2 Å². The van der Waals surface area contributed by atoms with Crippen molar-refractivity contribution in [2.24, 2.45) is 5.73 Å². The molecule has 0 heterocycles. The molecule has 1 aromatic carbocycles. The van der Waals surface area contributed by atoms with Crippen LogP contribution in [0.15, 0.2) is 24.3 Å². The number of hydrogen-bond donors (Lipinski definition) is 1. The van der Waals surface area contributed by atoms with Crippen LogP contribution >= 0.6 is 0 Å². The monoisotopic (exact) mass is 213 g/mol. The first-order valence-corrected chi connectivity index (χ1v) is 4.97. The van der Waals surface area contributed by atoms with Crippen LogP contribution in [-0.2, 0) is 4.74 Å². The van der Waals surface area contributed by atoms with Gasteiger partial charge in [0.2, 0.25) is 0 Å². The Bertz CT molecular complexity index is 294. The molecule has 1 atom stereocenters. The molecule has 0 aliphatic carbocycles. The topological polar surface area (TPSA) is 44.5 Å². The third-order valence-electron chi connectivity index (χ3n) is 1.93. The van der Waals surface area contributed by atoms with Crippen LogP contribution in [0, 0.1) is 5.82 Å². The van der Waals surface area contributed by atoms with Crippen LogP contribution < -0.4 is 10.5 Å². The highest BCUT2D eigenvalue weighted by molar-refractivity contribution is 5.23. The molecule has 0 bridgehead atoms. The van der Waals surface area contributed by atoms with E-state index in [1.807, 2.05) is 6.92 Å². The molecule has 0 aliphatic heterocycles. The first kappa shape index (κ1) is 11.9. The van der Waals surface area contributed by atoms with Gasteiger partial charge in [0.15, 0.2) is 11.6 Å². The quantitative estimate of drug-likeness (QED) is 0.780. The van der Waals surface area contributed by atoms with Crippen molar-refractivity contribution in [3.05, 3.63) is 30.1 Å². The van der Waals surface area contributed by atoms with E-state index in [4.69, 9.17) is 15.2 Å². The lowest BCUT2D eigenvalue weighted by Gasteiger charge is -2.15. The van der Waals surface area contributed by atoms with Gasteiger partial charge in [-0.1, -0.05) is 12.1 Å². The normalized spacial score (nSPS) is 12.5. The summed E-state index contributed by atoms with van der Waals surface area (Å²) in [6.45, 7) is 3.09. The molecule has 0 radical (unpaired) electrons. The van der Waals surface area contributed by atoms with E-state index in [1.54, 1.807) is 18.2 Å². The van der Waals surface area contributed by atoms with Crippen molar-refractivity contribution in [2.45, 2.75) is 13.0 Å². The second-order valence-corrected chi connectivity index (χ2v) is 3.05. The highest BCUT2D eigenvalue weighted by atomic mass is 19.1. The third kappa shape index (κ3) is 3.85. The average Bonchev–Trinajstić information content (AvgIpc) is 2.26. The van der Waals surface area contributed by atoms with Gasteiger partial charge in [-0.05, 0) is 19.1 Å². The van der Waals surface area contributed by atoms with Gasteiger partial charge in [0.1, 0.15) is 12.7 Å². The van der Waals surface area contributed by atoms with Crippen LogP contribution in [0.2, 0.25) is 0 Å². The lowest BCUT2D eigenvalue weighted by atomic mass is 10.3. The Morgan fingerprint density at radius 2 is 2.13 bits per heavy atom. The average molecular weight is 213 g/mol. The summed E-state index contributed by atoms with van der Waals surface area (Å²) < 4.78 is 23.7. The fourth-order valence-electron chi connectivity index (χ4n) is 1.16. The molecule has 3 nitrogen and oxygen atoms in total. The van der Waals surface area contributed by atoms with Crippen molar-refractivity contribution >= 4 is 0 Å². The molecule has 84 valence electrons. The molecular formula is C11H16FNO2. The second kappa shape index (κ2) is 6.37. The molecule has 0 fully saturated rings. The van der Waals surface area contributed by atoms with Crippen molar-refractivity contribution in [2.75, 3.05) is 19.8 Å². The summed E-state index contributed by atoms with van der Waals surface area (Å²) in [5.74, 6) is -0.138. The standard InChI is InChI=1S/C11H16FNO2/c1-2-14-9(7-13)8-15-11-6-4-3-5-10(11)12/h3-6,9H,2,7-8,13H2,1H3. The van der Waals surface area contributed by atoms with Gasteiger partial charge in [-0.2, -0.15) is 0 Å². The predicted octanol–water partition coefficient (Wildman–Crippen LogP) is 1.57. The Morgan fingerprint density at radius 3 is 2.73 bits per heavy atom. The molecular weight excluding hydrogens is 197 g/mol. The molecule has 0 amide bonds. The lowest BCUT2D eigenvalue weighted by Crippen LogP contribution is -2.30. The van der Waals surface area contributed by atoms with E-state index in [1.165, 1.54) is 6.07 Å². The summed E-state index contributed by atoms with van der Waals surface area (Å²) in [5.41, 5.74) is 5.46. The first-order chi connectivity index (χ1) is 7.27. The Labute approximate surface area is 89.0 Å². The summed E-state index contributed by atoms with van der Waals surface area (Å²) in [4.78, 5) is 0. The molecule has 1 aromatic rings. The zero-order valence-electron chi connectivity index (χ0n) is 8.78. The number of hydrogen-bond acceptors (Lipinski definition) is 3. The van der Waals surface area contributed by atoms with E-state index < -0.39 is 0 Å². The first-order valence-electron chi connectivity index (χ1n) is 4.97. The fraction of sp³-hybridized carbons (Fsp3) is 0.455. The van der Waals surface area contributed by atoms with E-state index in [0.29, 0.717) is 13.2 Å². The number of benzene rings is 1. The molecule has 2 N–H and O–H groups in total. The van der Waals surface area contributed by atoms with E-state index >= 15 is 0 Å². The van der Waals surface area contributed by atoms with Gasteiger partial charge in [0.25, 0.3) is 0 Å². The van der Waals surface area contributed by atoms with E-state index in [9.17, 15) is 4.39 Å². The lowest BCUT2D eigenvalue weighted by molar-refractivity contribution is 0.0327. The van der Waals surface area contributed by atoms with Crippen LogP contribution in [0.1, 0.15) is 6.92 Å². The van der Waals surface area contributed by atoms with Gasteiger partial charge in [-0.3, -0.25) is 0 Å². The number of halogens is 1. The maximum absolute atomic E-state index is 13.1. The SMILES string of the molecule is CCOC(CN)COc1ccccc1F. The van der Waals surface area contributed by atoms with Crippen molar-refractivity contribution in [1.29, 1.82) is 0 Å². The number of rotatable bonds is 6. The highest BCUT2D eigenvalue weighted by Crippen LogP contribution is 2.15. The van der Waals surface area contributed by atoms with Crippen LogP contribution in [0.25, 0.3) is 0 Å². The van der Waals surface area contributed by atoms with Crippen molar-refractivity contribution < 1.29 is 13.9 Å². The van der Waals surface area contributed by atoms with E-state index in [2.05, 4.69) is 0 Å². The van der Waals surface area contributed by atoms with Crippen molar-refractivity contribution in [1.82, 2.24) is 0 Å². The predicted molar refractivity (Wildman–Crippen MR) is 56.4 cm³/mol. The minimum absolute atomic E-state index is 0.186. The van der Waals surface area contributed by atoms with Crippen LogP contribution in [-0.4, -0.2) is 25.9 Å². The van der Waals surface area contributed by atoms with Gasteiger partial charge in [0.05, 0.1) is 0 Å². The zero-order chi connectivity index (χ0) is 11.1. The van der Waals surface area contributed by atoms with Crippen LogP contribution in [0.5, 0.6) is 5.75 Å². The van der Waals surface area contributed by atoms with Crippen molar-refractivity contribution in [3.8, 4) is 5.75 Å². The maximum Gasteiger partial charge on any atom is 0.165 e. The van der Waals surface area contributed by atoms with Gasteiger partial charge in [-0.15, -0.1) is 0 Å². The Kier molecular flexibility index (Phi) is 5.07. The Hall–Kier alpha value is -1.13. The maximum atomic E-state index is 13.1. The number of para-hydroxylation sites is 1. The molecule has 15 heavy (non-hydrogen) atoms. The molecule has 1 unspecified atom stereocenters. The summed E-state index contributed by atoms with van der Waals surface area (Å²) in [6, 6.07) is 6.27. The highest BCUT2D eigenvalue weighted by Gasteiger charge is 2.08. The minimum atomic E-state index is -0.371. The van der Waals surface area contributed by atoms with Gasteiger partial charge in [-0.25, -0.2) is 4.39 Å². The molecule has 0 saturated carbocycles. The largest absolute Gasteiger partial charge is 0.488 e. The van der Waals surface area contributed by atoms with E-state index in [-0.39, 0.29) is 24.3 Å².